The van der Waals surface area contributed by atoms with Gasteiger partial charge in [-0.05, 0) is 42.5 Å². The molecule has 0 radical (unpaired) electrons. The van der Waals surface area contributed by atoms with E-state index >= 15 is 0 Å². The minimum absolute atomic E-state index is 0.0149. The molecule has 0 aromatic heterocycles. The van der Waals surface area contributed by atoms with Gasteiger partial charge in [-0.2, -0.15) is 8.42 Å². The Bertz CT molecular complexity index is 604. The minimum Gasteiger partial charge on any atom is -0.310 e. The van der Waals surface area contributed by atoms with Crippen molar-refractivity contribution in [3.8, 4) is 0 Å². The summed E-state index contributed by atoms with van der Waals surface area (Å²) in [5.41, 5.74) is 1.04. The van der Waals surface area contributed by atoms with E-state index in [0.29, 0.717) is 19.4 Å². The maximum Gasteiger partial charge on any atom is 0.264 e. The number of halogens is 1. The van der Waals surface area contributed by atoms with Gasteiger partial charge in [0, 0.05) is 6.04 Å². The van der Waals surface area contributed by atoms with Crippen molar-refractivity contribution in [1.82, 2.24) is 5.32 Å². The van der Waals surface area contributed by atoms with Crippen molar-refractivity contribution in [1.29, 1.82) is 0 Å². The van der Waals surface area contributed by atoms with E-state index in [9.17, 15) is 12.8 Å². The molecule has 130 valence electrons. The zero-order chi connectivity index (χ0) is 17.5. The van der Waals surface area contributed by atoms with Crippen molar-refractivity contribution < 1.29 is 17.4 Å². The van der Waals surface area contributed by atoms with Gasteiger partial charge in [0.2, 0.25) is 0 Å². The third-order valence-corrected chi connectivity index (χ3v) is 3.99. The van der Waals surface area contributed by atoms with E-state index in [1.54, 1.807) is 12.1 Å². The Kier molecular flexibility index (Phi) is 7.38. The molecule has 1 aromatic carbocycles. The average molecular weight is 343 g/mol. The van der Waals surface area contributed by atoms with Crippen molar-refractivity contribution in [2.75, 3.05) is 12.3 Å². The molecule has 0 bridgehead atoms. The largest absolute Gasteiger partial charge is 0.310 e. The summed E-state index contributed by atoms with van der Waals surface area (Å²) in [4.78, 5) is 0. The Morgan fingerprint density at radius 3 is 2.39 bits per heavy atom. The SMILES string of the molecule is CC(C)(C)/C=C/[C@@H](Cc1ccc(F)cc1)NCCCS(=O)(=O)O. The summed E-state index contributed by atoms with van der Waals surface area (Å²) in [6.45, 7) is 6.75. The predicted octanol–water partition coefficient (Wildman–Crippen LogP) is 3.21. The second kappa shape index (κ2) is 8.57. The molecule has 2 N–H and O–H groups in total. The van der Waals surface area contributed by atoms with Crippen LogP contribution >= 0.6 is 0 Å². The highest BCUT2D eigenvalue weighted by molar-refractivity contribution is 7.85. The minimum atomic E-state index is -3.92. The number of nitrogens with one attached hydrogen (secondary N) is 1. The first kappa shape index (κ1) is 19.8. The lowest BCUT2D eigenvalue weighted by atomic mass is 9.94. The Labute approximate surface area is 138 Å². The quantitative estimate of drug-likeness (QED) is 0.432. The van der Waals surface area contributed by atoms with Crippen LogP contribution in [-0.4, -0.2) is 31.3 Å². The molecule has 1 aromatic rings. The van der Waals surface area contributed by atoms with Gasteiger partial charge >= 0.3 is 0 Å². The lowest BCUT2D eigenvalue weighted by Gasteiger charge is -2.18. The van der Waals surface area contributed by atoms with Crippen LogP contribution in [0.1, 0.15) is 32.8 Å². The average Bonchev–Trinajstić information content (AvgIpc) is 2.41. The van der Waals surface area contributed by atoms with Crippen LogP contribution < -0.4 is 5.32 Å². The van der Waals surface area contributed by atoms with Crippen LogP contribution in [0.15, 0.2) is 36.4 Å². The Morgan fingerprint density at radius 1 is 1.26 bits per heavy atom. The number of benzene rings is 1. The summed E-state index contributed by atoms with van der Waals surface area (Å²) in [6.07, 6.45) is 5.16. The first-order chi connectivity index (χ1) is 10.6. The highest BCUT2D eigenvalue weighted by atomic mass is 32.2. The van der Waals surface area contributed by atoms with Crippen molar-refractivity contribution in [2.24, 2.45) is 5.41 Å². The highest BCUT2D eigenvalue weighted by Gasteiger charge is 2.10. The molecule has 0 unspecified atom stereocenters. The lowest BCUT2D eigenvalue weighted by Crippen LogP contribution is -2.31. The first-order valence-electron chi connectivity index (χ1n) is 7.67. The van der Waals surface area contributed by atoms with Gasteiger partial charge < -0.3 is 5.32 Å². The maximum absolute atomic E-state index is 13.0. The van der Waals surface area contributed by atoms with E-state index < -0.39 is 10.1 Å². The molecule has 0 aliphatic heterocycles. The van der Waals surface area contributed by atoms with Gasteiger partial charge in [-0.1, -0.05) is 45.1 Å². The maximum atomic E-state index is 13.0. The molecule has 23 heavy (non-hydrogen) atoms. The third-order valence-electron chi connectivity index (χ3n) is 3.18. The molecule has 0 fully saturated rings. The van der Waals surface area contributed by atoms with Crippen LogP contribution in [0.5, 0.6) is 0 Å². The van der Waals surface area contributed by atoms with E-state index in [-0.39, 0.29) is 23.0 Å². The molecule has 0 spiro atoms. The number of allylic oxidation sites excluding steroid dienone is 1. The molecule has 0 aliphatic carbocycles. The Balaban J connectivity index is 2.65. The zero-order valence-corrected chi connectivity index (χ0v) is 14.7. The fraction of sp³-hybridized carbons (Fsp3) is 0.529. The highest BCUT2D eigenvalue weighted by Crippen LogP contribution is 2.16. The molecule has 0 saturated heterocycles. The molecular weight excluding hydrogens is 317 g/mol. The molecular formula is C17H26FNO3S. The van der Waals surface area contributed by atoms with E-state index in [4.69, 9.17) is 4.55 Å². The molecule has 1 rings (SSSR count). The molecule has 0 aliphatic rings. The van der Waals surface area contributed by atoms with Crippen molar-refractivity contribution in [2.45, 2.75) is 39.7 Å². The van der Waals surface area contributed by atoms with Crippen LogP contribution in [-0.2, 0) is 16.5 Å². The fourth-order valence-corrected chi connectivity index (χ4v) is 2.54. The topological polar surface area (TPSA) is 66.4 Å². The molecule has 0 heterocycles. The van der Waals surface area contributed by atoms with E-state index in [2.05, 4.69) is 38.2 Å². The van der Waals surface area contributed by atoms with Crippen LogP contribution in [0.25, 0.3) is 0 Å². The first-order valence-corrected chi connectivity index (χ1v) is 9.28. The Hall–Kier alpha value is -1.24. The normalized spacial score (nSPS) is 14.3. The van der Waals surface area contributed by atoms with Gasteiger partial charge in [-0.25, -0.2) is 4.39 Å². The van der Waals surface area contributed by atoms with Crippen LogP contribution in [0.4, 0.5) is 4.39 Å². The van der Waals surface area contributed by atoms with Crippen molar-refractivity contribution in [3.63, 3.8) is 0 Å². The van der Waals surface area contributed by atoms with Gasteiger partial charge in [0.15, 0.2) is 0 Å². The fourth-order valence-electron chi connectivity index (χ4n) is 2.03. The second-order valence-electron chi connectivity index (χ2n) is 6.76. The number of hydrogen-bond donors (Lipinski definition) is 2. The van der Waals surface area contributed by atoms with Crippen LogP contribution in [0, 0.1) is 11.2 Å². The van der Waals surface area contributed by atoms with Gasteiger partial charge in [-0.15, -0.1) is 0 Å². The second-order valence-corrected chi connectivity index (χ2v) is 8.33. The van der Waals surface area contributed by atoms with Gasteiger partial charge in [-0.3, -0.25) is 4.55 Å². The summed E-state index contributed by atoms with van der Waals surface area (Å²) in [7, 11) is -3.92. The smallest absolute Gasteiger partial charge is 0.264 e. The summed E-state index contributed by atoms with van der Waals surface area (Å²) in [5, 5.41) is 3.27. The number of rotatable bonds is 8. The van der Waals surface area contributed by atoms with Gasteiger partial charge in [0.05, 0.1) is 5.75 Å². The Morgan fingerprint density at radius 2 is 1.87 bits per heavy atom. The summed E-state index contributed by atoms with van der Waals surface area (Å²) in [6, 6.07) is 6.36. The summed E-state index contributed by atoms with van der Waals surface area (Å²) < 4.78 is 43.2. The standard InChI is InChI=1S/C17H26FNO3S/c1-17(2,3)10-9-16(19-11-4-12-23(20,21)22)13-14-5-7-15(18)8-6-14/h5-10,16,19H,4,11-13H2,1-3H3,(H,20,21,22)/b10-9+/t16-/m0/s1. The third kappa shape index (κ3) is 10.2. The van der Waals surface area contributed by atoms with Gasteiger partial charge in [0.25, 0.3) is 10.1 Å². The molecule has 6 heteroatoms. The van der Waals surface area contributed by atoms with E-state index in [1.165, 1.54) is 12.1 Å². The van der Waals surface area contributed by atoms with E-state index in [1.807, 2.05) is 0 Å². The van der Waals surface area contributed by atoms with Crippen molar-refractivity contribution >= 4 is 10.1 Å². The molecule has 1 atom stereocenters. The van der Waals surface area contributed by atoms with E-state index in [0.717, 1.165) is 5.56 Å². The summed E-state index contributed by atoms with van der Waals surface area (Å²) in [5.74, 6) is -0.525. The monoisotopic (exact) mass is 343 g/mol. The molecule has 0 saturated carbocycles. The van der Waals surface area contributed by atoms with Crippen LogP contribution in [0.3, 0.4) is 0 Å². The predicted molar refractivity (Wildman–Crippen MR) is 91.5 cm³/mol. The zero-order valence-electron chi connectivity index (χ0n) is 13.9. The number of hydrogen-bond acceptors (Lipinski definition) is 3. The lowest BCUT2D eigenvalue weighted by molar-refractivity contribution is 0.478. The van der Waals surface area contributed by atoms with Crippen LogP contribution in [0.2, 0.25) is 0 Å². The van der Waals surface area contributed by atoms with Crippen molar-refractivity contribution in [3.05, 3.63) is 47.8 Å². The van der Waals surface area contributed by atoms with Gasteiger partial charge in [0.1, 0.15) is 5.82 Å². The molecule has 4 nitrogen and oxygen atoms in total. The summed E-state index contributed by atoms with van der Waals surface area (Å²) >= 11 is 0. The molecule has 0 amide bonds.